The average Bonchev–Trinajstić information content (AvgIpc) is 2.57. The highest BCUT2D eigenvalue weighted by atomic mass is 32.2. The molecule has 11 heteroatoms. The molecule has 138 valence electrons. The minimum atomic E-state index is -3.99. The number of nitrogens with one attached hydrogen (secondary N) is 3. The molecule has 0 aliphatic heterocycles. The summed E-state index contributed by atoms with van der Waals surface area (Å²) in [5.74, 6) is -1.26. The maximum Gasteiger partial charge on any atom is 0.304 e. The first-order chi connectivity index (χ1) is 12.3. The lowest BCUT2D eigenvalue weighted by Crippen LogP contribution is -2.33. The van der Waals surface area contributed by atoms with Gasteiger partial charge in [-0.3, -0.25) is 9.52 Å². The van der Waals surface area contributed by atoms with Gasteiger partial charge in [-0.05, 0) is 42.0 Å². The first-order valence-electron chi connectivity index (χ1n) is 7.22. The van der Waals surface area contributed by atoms with Crippen molar-refractivity contribution >= 4 is 27.3 Å². The van der Waals surface area contributed by atoms with Crippen LogP contribution in [0.5, 0.6) is 0 Å². The third kappa shape index (κ3) is 5.22. The van der Waals surface area contributed by atoms with Crippen LogP contribution in [-0.2, 0) is 19.7 Å². The van der Waals surface area contributed by atoms with Crippen molar-refractivity contribution in [2.24, 2.45) is 0 Å². The third-order valence-corrected chi connectivity index (χ3v) is 4.43. The summed E-state index contributed by atoms with van der Waals surface area (Å²) >= 11 is 0. The largest absolute Gasteiger partial charge is 0.318 e. The number of anilines is 2. The van der Waals surface area contributed by atoms with Crippen LogP contribution in [0.1, 0.15) is 0 Å². The van der Waals surface area contributed by atoms with Gasteiger partial charge >= 0.3 is 6.54 Å². The molecular weight excluding hydrogens is 367 g/mol. The van der Waals surface area contributed by atoms with Crippen molar-refractivity contribution in [2.75, 3.05) is 23.7 Å². The van der Waals surface area contributed by atoms with E-state index in [-0.39, 0.29) is 21.1 Å². The van der Waals surface area contributed by atoms with E-state index in [0.29, 0.717) is 0 Å². The van der Waals surface area contributed by atoms with Gasteiger partial charge < -0.3 is 5.32 Å². The molecule has 2 rings (SSSR count). The summed E-state index contributed by atoms with van der Waals surface area (Å²) in [6.45, 7) is -0.590. The van der Waals surface area contributed by atoms with Crippen LogP contribution in [0.15, 0.2) is 53.4 Å². The van der Waals surface area contributed by atoms with Gasteiger partial charge in [0.1, 0.15) is 5.82 Å². The zero-order valence-electron chi connectivity index (χ0n) is 13.6. The van der Waals surface area contributed by atoms with E-state index in [0.717, 1.165) is 24.3 Å². The number of nitrogens with zero attached hydrogens (tertiary/aromatic N) is 1. The molecule has 0 saturated heterocycles. The van der Waals surface area contributed by atoms with E-state index in [1.807, 2.05) is 5.59 Å². The van der Waals surface area contributed by atoms with Crippen LogP contribution in [0.4, 0.5) is 15.8 Å². The predicted octanol–water partition coefficient (Wildman–Crippen LogP) is 1.41. The Balaban J connectivity index is 2.17. The van der Waals surface area contributed by atoms with Gasteiger partial charge in [0.25, 0.3) is 15.9 Å². The summed E-state index contributed by atoms with van der Waals surface area (Å²) in [5.41, 5.74) is 2.15. The average molecular weight is 383 g/mol. The Morgan fingerprint density at radius 2 is 1.73 bits per heavy atom. The molecule has 3 N–H and O–H groups in total. The summed E-state index contributed by atoms with van der Waals surface area (Å²) in [6, 6.07) is 10.3. The van der Waals surface area contributed by atoms with E-state index >= 15 is 0 Å². The number of benzene rings is 2. The van der Waals surface area contributed by atoms with Crippen LogP contribution in [0.2, 0.25) is 0 Å². The summed E-state index contributed by atoms with van der Waals surface area (Å²) in [7, 11) is -2.78. The number of hydrazine groups is 1. The minimum absolute atomic E-state index is 0.0855. The first kappa shape index (κ1) is 19.3. The van der Waals surface area contributed by atoms with Gasteiger partial charge in [0, 0.05) is 0 Å². The van der Waals surface area contributed by atoms with E-state index in [1.165, 1.54) is 19.2 Å². The molecule has 2 aromatic rings. The molecule has 9 nitrogen and oxygen atoms in total. The summed E-state index contributed by atoms with van der Waals surface area (Å²) in [5, 5.41) is 2.42. The Morgan fingerprint density at radius 3 is 2.35 bits per heavy atom. The van der Waals surface area contributed by atoms with Gasteiger partial charge in [-0.15, -0.1) is 0 Å². The van der Waals surface area contributed by atoms with Gasteiger partial charge in [0.2, 0.25) is 0 Å². The zero-order valence-corrected chi connectivity index (χ0v) is 14.4. The summed E-state index contributed by atoms with van der Waals surface area (Å²) in [6.07, 6.45) is 0. The van der Waals surface area contributed by atoms with Gasteiger partial charge in [-0.25, -0.2) is 17.6 Å². The van der Waals surface area contributed by atoms with Crippen molar-refractivity contribution in [1.82, 2.24) is 5.59 Å². The van der Waals surface area contributed by atoms with Crippen LogP contribution < -0.4 is 15.6 Å². The van der Waals surface area contributed by atoms with Gasteiger partial charge in [-0.1, -0.05) is 12.1 Å². The highest BCUT2D eigenvalue weighted by Gasteiger charge is 2.19. The number of sulfonamides is 1. The van der Waals surface area contributed by atoms with E-state index in [1.54, 1.807) is 12.1 Å². The maximum atomic E-state index is 13.0. The number of hydrogen-bond acceptors (Lipinski definition) is 5. The molecule has 0 aliphatic carbocycles. The monoisotopic (exact) mass is 383 g/mol. The molecule has 26 heavy (non-hydrogen) atoms. The number of carbonyl (C=O) groups excluding carboxylic acids is 1. The minimum Gasteiger partial charge on any atom is -0.318 e. The topological polar surface area (TPSA) is 117 Å². The number of nitroso groups, excluding NO2 is 1. The molecule has 0 radical (unpaired) electrons. The highest BCUT2D eigenvalue weighted by Crippen LogP contribution is 2.24. The predicted molar refractivity (Wildman–Crippen MR) is 90.9 cm³/mol. The SMILES string of the molecule is CON[N+](=O)CC(=O)Nc1ccccc1NS(=O)(=O)c1ccc(F)cc1. The van der Waals surface area contributed by atoms with Crippen LogP contribution >= 0.6 is 0 Å². The van der Waals surface area contributed by atoms with Gasteiger partial charge in [0.15, 0.2) is 4.87 Å². The quantitative estimate of drug-likeness (QED) is 0.469. The van der Waals surface area contributed by atoms with Crippen LogP contribution in [0.25, 0.3) is 0 Å². The second-order valence-corrected chi connectivity index (χ2v) is 6.67. The first-order valence-corrected chi connectivity index (χ1v) is 8.70. The molecule has 0 saturated carbocycles. The fraction of sp³-hybridized carbons (Fsp3) is 0.133. The van der Waals surface area contributed by atoms with Crippen molar-refractivity contribution in [2.45, 2.75) is 4.90 Å². The lowest BCUT2D eigenvalue weighted by molar-refractivity contribution is -0.648. The molecule has 0 unspecified atom stereocenters. The fourth-order valence-electron chi connectivity index (χ4n) is 1.95. The number of rotatable bonds is 8. The van der Waals surface area contributed by atoms with E-state index in [4.69, 9.17) is 0 Å². The second kappa shape index (κ2) is 8.36. The molecule has 0 aliphatic rings. The lowest BCUT2D eigenvalue weighted by Gasteiger charge is -2.12. The Labute approximate surface area is 148 Å². The highest BCUT2D eigenvalue weighted by molar-refractivity contribution is 7.92. The van der Waals surface area contributed by atoms with E-state index in [9.17, 15) is 22.5 Å². The Bertz CT molecular complexity index is 903. The van der Waals surface area contributed by atoms with Crippen LogP contribution in [0, 0.1) is 10.7 Å². The van der Waals surface area contributed by atoms with Gasteiger partial charge in [0.05, 0.1) is 28.3 Å². The van der Waals surface area contributed by atoms with Crippen molar-refractivity contribution < 1.29 is 27.3 Å². The molecule has 0 atom stereocenters. The molecule has 2 aromatic carbocycles. The molecule has 0 spiro atoms. The normalized spacial score (nSPS) is 10.8. The fourth-order valence-corrected chi connectivity index (χ4v) is 3.03. The third-order valence-electron chi connectivity index (χ3n) is 3.05. The lowest BCUT2D eigenvalue weighted by atomic mass is 10.2. The smallest absolute Gasteiger partial charge is 0.304 e. The number of para-hydroxylation sites is 2. The molecule has 0 bridgehead atoms. The van der Waals surface area contributed by atoms with Crippen molar-refractivity contribution in [3.8, 4) is 0 Å². The molecule has 0 aromatic heterocycles. The number of amides is 1. The van der Waals surface area contributed by atoms with Crippen LogP contribution in [0.3, 0.4) is 0 Å². The van der Waals surface area contributed by atoms with Crippen molar-refractivity contribution in [3.05, 3.63) is 59.3 Å². The standard InChI is InChI=1S/C15H15FN4O5S/c1-25-19-20(22)10-15(21)17-13-4-2-3-5-14(13)18-26(23,24)12-8-6-11(16)7-9-12/h2-9,18H,10H2,1H3,(H-,17,19,21,22)/p+1. The molecule has 1 amide bonds. The summed E-state index contributed by atoms with van der Waals surface area (Å²) in [4.78, 5) is 27.5. The number of hydrogen-bond donors (Lipinski definition) is 3. The van der Waals surface area contributed by atoms with E-state index in [2.05, 4.69) is 14.9 Å². The zero-order chi connectivity index (χ0) is 19.2. The maximum absolute atomic E-state index is 13.0. The number of halogens is 1. The Kier molecular flexibility index (Phi) is 6.20. The Hall–Kier alpha value is -3.05. The molecule has 0 fully saturated rings. The molecular formula is C15H16FN4O5S+. The second-order valence-electron chi connectivity index (χ2n) is 4.99. The van der Waals surface area contributed by atoms with Crippen molar-refractivity contribution in [1.29, 1.82) is 0 Å². The van der Waals surface area contributed by atoms with Gasteiger partial charge in [-0.2, -0.15) is 0 Å². The van der Waals surface area contributed by atoms with Crippen molar-refractivity contribution in [3.63, 3.8) is 0 Å². The summed E-state index contributed by atoms with van der Waals surface area (Å²) < 4.78 is 40.0. The number of carbonyl (C=O) groups is 1. The Morgan fingerprint density at radius 1 is 1.12 bits per heavy atom. The van der Waals surface area contributed by atoms with Crippen LogP contribution in [-0.4, -0.2) is 32.8 Å². The molecule has 0 heterocycles. The van der Waals surface area contributed by atoms with E-state index < -0.39 is 28.3 Å².